The van der Waals surface area contributed by atoms with Crippen LogP contribution in [0.15, 0.2) is 0 Å². The number of rotatable bonds is 4. The zero-order valence-corrected chi connectivity index (χ0v) is 9.29. The van der Waals surface area contributed by atoms with Crippen LogP contribution in [-0.2, 0) is 0 Å². The molecule has 0 saturated heterocycles. The summed E-state index contributed by atoms with van der Waals surface area (Å²) >= 11 is 0. The van der Waals surface area contributed by atoms with Crippen LogP contribution in [0, 0.1) is 0 Å². The van der Waals surface area contributed by atoms with Gasteiger partial charge in [0, 0.05) is 17.6 Å². The van der Waals surface area contributed by atoms with Gasteiger partial charge in [0.05, 0.1) is 6.61 Å². The lowest BCUT2D eigenvalue weighted by atomic mass is 9.98. The first-order valence-corrected chi connectivity index (χ1v) is 5.70. The summed E-state index contributed by atoms with van der Waals surface area (Å²) in [7, 11) is 4.27. The maximum atomic E-state index is 9.51. The summed E-state index contributed by atoms with van der Waals surface area (Å²) < 4.78 is 0. The van der Waals surface area contributed by atoms with E-state index in [1.165, 1.54) is 19.3 Å². The number of aliphatic hydroxyl groups excluding tert-OH is 1. The normalized spacial score (nSPS) is 38.1. The average molecular weight is 198 g/mol. The molecule has 0 bridgehead atoms. The van der Waals surface area contributed by atoms with Crippen LogP contribution >= 0.6 is 0 Å². The lowest BCUT2D eigenvalue weighted by molar-refractivity contribution is 0.153. The van der Waals surface area contributed by atoms with E-state index in [2.05, 4.69) is 24.3 Å². The minimum atomic E-state index is 0.0378. The van der Waals surface area contributed by atoms with Crippen molar-refractivity contribution >= 4 is 0 Å². The molecule has 2 fully saturated rings. The van der Waals surface area contributed by atoms with Gasteiger partial charge in [-0.2, -0.15) is 0 Å². The van der Waals surface area contributed by atoms with Gasteiger partial charge >= 0.3 is 0 Å². The van der Waals surface area contributed by atoms with Gasteiger partial charge in [0.25, 0.3) is 0 Å². The molecule has 0 aromatic carbocycles. The molecule has 2 rings (SSSR count). The zero-order chi connectivity index (χ0) is 10.2. The number of nitrogens with one attached hydrogen (secondary N) is 1. The molecule has 2 unspecified atom stereocenters. The smallest absolute Gasteiger partial charge is 0.0614 e. The second-order valence-corrected chi connectivity index (χ2v) is 5.22. The molecule has 2 aliphatic rings. The topological polar surface area (TPSA) is 35.5 Å². The number of nitrogens with zero attached hydrogens (tertiary/aromatic N) is 1. The van der Waals surface area contributed by atoms with Gasteiger partial charge in [0.2, 0.25) is 0 Å². The van der Waals surface area contributed by atoms with E-state index in [0.29, 0.717) is 18.7 Å². The quantitative estimate of drug-likeness (QED) is 0.694. The van der Waals surface area contributed by atoms with E-state index in [9.17, 15) is 5.11 Å². The second kappa shape index (κ2) is 3.80. The van der Waals surface area contributed by atoms with Crippen LogP contribution in [-0.4, -0.2) is 48.3 Å². The SMILES string of the molecule is CN(C)C1CCC(CO)(NC2CC2)C1. The predicted octanol–water partition coefficient (Wildman–Crippen LogP) is 0.584. The maximum absolute atomic E-state index is 9.51. The maximum Gasteiger partial charge on any atom is 0.0614 e. The van der Waals surface area contributed by atoms with Gasteiger partial charge in [-0.3, -0.25) is 0 Å². The Bertz CT molecular complexity index is 203. The summed E-state index contributed by atoms with van der Waals surface area (Å²) in [4.78, 5) is 2.28. The molecule has 0 radical (unpaired) electrons. The monoisotopic (exact) mass is 198 g/mol. The van der Waals surface area contributed by atoms with Gasteiger partial charge in [-0.15, -0.1) is 0 Å². The fraction of sp³-hybridized carbons (Fsp3) is 1.00. The number of hydrogen-bond acceptors (Lipinski definition) is 3. The molecular weight excluding hydrogens is 176 g/mol. The third-order valence-electron chi connectivity index (χ3n) is 3.70. The number of hydrogen-bond donors (Lipinski definition) is 2. The van der Waals surface area contributed by atoms with Crippen molar-refractivity contribution in [2.24, 2.45) is 0 Å². The Hall–Kier alpha value is -0.120. The van der Waals surface area contributed by atoms with Gasteiger partial charge in [0.1, 0.15) is 0 Å². The van der Waals surface area contributed by atoms with Crippen molar-refractivity contribution in [1.82, 2.24) is 10.2 Å². The van der Waals surface area contributed by atoms with Crippen LogP contribution in [0.1, 0.15) is 32.1 Å². The molecular formula is C11H22N2O. The molecule has 0 spiro atoms. The summed E-state index contributed by atoms with van der Waals surface area (Å²) in [6, 6.07) is 1.34. The Morgan fingerprint density at radius 1 is 1.36 bits per heavy atom. The first-order chi connectivity index (χ1) is 6.65. The molecule has 3 heteroatoms. The fourth-order valence-corrected chi connectivity index (χ4v) is 2.52. The molecule has 82 valence electrons. The van der Waals surface area contributed by atoms with Crippen molar-refractivity contribution in [3.63, 3.8) is 0 Å². The Morgan fingerprint density at radius 3 is 2.50 bits per heavy atom. The summed E-state index contributed by atoms with van der Waals surface area (Å²) in [6.07, 6.45) is 6.05. The predicted molar refractivity (Wildman–Crippen MR) is 57.3 cm³/mol. The number of aliphatic hydroxyl groups is 1. The van der Waals surface area contributed by atoms with Crippen molar-refractivity contribution in [2.45, 2.75) is 49.7 Å². The van der Waals surface area contributed by atoms with Crippen molar-refractivity contribution in [3.8, 4) is 0 Å². The van der Waals surface area contributed by atoms with E-state index in [0.717, 1.165) is 12.8 Å². The van der Waals surface area contributed by atoms with Crippen molar-refractivity contribution in [1.29, 1.82) is 0 Å². The Balaban J connectivity index is 1.93. The minimum absolute atomic E-state index is 0.0378. The highest BCUT2D eigenvalue weighted by Crippen LogP contribution is 2.35. The summed E-state index contributed by atoms with van der Waals surface area (Å²) in [5.41, 5.74) is 0.0378. The van der Waals surface area contributed by atoms with E-state index in [1.54, 1.807) is 0 Å². The zero-order valence-electron chi connectivity index (χ0n) is 9.29. The second-order valence-electron chi connectivity index (χ2n) is 5.22. The molecule has 2 aliphatic carbocycles. The van der Waals surface area contributed by atoms with Crippen LogP contribution in [0.3, 0.4) is 0 Å². The van der Waals surface area contributed by atoms with Crippen LogP contribution in [0.2, 0.25) is 0 Å². The third-order valence-corrected chi connectivity index (χ3v) is 3.70. The van der Waals surface area contributed by atoms with E-state index < -0.39 is 0 Å². The summed E-state index contributed by atoms with van der Waals surface area (Å²) in [5.74, 6) is 0. The first-order valence-electron chi connectivity index (χ1n) is 5.70. The fourth-order valence-electron chi connectivity index (χ4n) is 2.52. The summed E-state index contributed by atoms with van der Waals surface area (Å²) in [5, 5.41) is 13.1. The highest BCUT2D eigenvalue weighted by molar-refractivity contribution is 5.02. The van der Waals surface area contributed by atoms with E-state index in [1.807, 2.05) is 0 Å². The molecule has 0 amide bonds. The molecule has 3 nitrogen and oxygen atoms in total. The van der Waals surface area contributed by atoms with Crippen molar-refractivity contribution < 1.29 is 5.11 Å². The highest BCUT2D eigenvalue weighted by Gasteiger charge is 2.42. The van der Waals surface area contributed by atoms with Crippen LogP contribution in [0.4, 0.5) is 0 Å². The third kappa shape index (κ3) is 2.10. The van der Waals surface area contributed by atoms with Gasteiger partial charge in [-0.1, -0.05) is 0 Å². The Morgan fingerprint density at radius 2 is 2.07 bits per heavy atom. The first kappa shape index (κ1) is 10.4. The van der Waals surface area contributed by atoms with E-state index in [-0.39, 0.29) is 5.54 Å². The van der Waals surface area contributed by atoms with Crippen molar-refractivity contribution in [3.05, 3.63) is 0 Å². The van der Waals surface area contributed by atoms with Gasteiger partial charge in [-0.05, 0) is 46.2 Å². The average Bonchev–Trinajstić information content (AvgIpc) is 2.83. The lowest BCUT2D eigenvalue weighted by Gasteiger charge is -2.30. The van der Waals surface area contributed by atoms with Crippen molar-refractivity contribution in [2.75, 3.05) is 20.7 Å². The molecule has 14 heavy (non-hydrogen) atoms. The molecule has 2 N–H and O–H groups in total. The largest absolute Gasteiger partial charge is 0.394 e. The molecule has 0 aromatic rings. The van der Waals surface area contributed by atoms with Crippen LogP contribution in [0.25, 0.3) is 0 Å². The van der Waals surface area contributed by atoms with E-state index in [4.69, 9.17) is 0 Å². The molecule has 0 aromatic heterocycles. The summed E-state index contributed by atoms with van der Waals surface area (Å²) in [6.45, 7) is 0.299. The van der Waals surface area contributed by atoms with Gasteiger partial charge < -0.3 is 15.3 Å². The van der Waals surface area contributed by atoms with Gasteiger partial charge in [-0.25, -0.2) is 0 Å². The van der Waals surface area contributed by atoms with Crippen LogP contribution < -0.4 is 5.32 Å². The minimum Gasteiger partial charge on any atom is -0.394 e. The van der Waals surface area contributed by atoms with Crippen LogP contribution in [0.5, 0.6) is 0 Å². The van der Waals surface area contributed by atoms with Gasteiger partial charge in [0.15, 0.2) is 0 Å². The van der Waals surface area contributed by atoms with E-state index >= 15 is 0 Å². The lowest BCUT2D eigenvalue weighted by Crippen LogP contribution is -2.48. The molecule has 0 aliphatic heterocycles. The molecule has 2 atom stereocenters. The highest BCUT2D eigenvalue weighted by atomic mass is 16.3. The Kier molecular flexibility index (Phi) is 2.82. The molecule has 0 heterocycles. The molecule has 2 saturated carbocycles. The standard InChI is InChI=1S/C11H22N2O/c1-13(2)10-5-6-11(7-10,8-14)12-9-3-4-9/h9-10,12,14H,3-8H2,1-2H3. The Labute approximate surface area is 86.5 Å².